The van der Waals surface area contributed by atoms with Gasteiger partial charge >= 0.3 is 0 Å². The van der Waals surface area contributed by atoms with Gasteiger partial charge in [-0.15, -0.1) is 0 Å². The topological polar surface area (TPSA) is 92.1 Å². The summed E-state index contributed by atoms with van der Waals surface area (Å²) >= 11 is 5.92. The van der Waals surface area contributed by atoms with Gasteiger partial charge in [-0.3, -0.25) is 0 Å². The number of aromatic nitrogens is 2. The Kier molecular flexibility index (Phi) is 3.79. The average molecular weight is 301 g/mol. The zero-order valence-corrected chi connectivity index (χ0v) is 11.7. The van der Waals surface area contributed by atoms with Crippen LogP contribution in [0.4, 0.5) is 5.69 Å². The number of nitrogens with two attached hydrogens (primary N) is 1. The summed E-state index contributed by atoms with van der Waals surface area (Å²) < 4.78 is 25.9. The van der Waals surface area contributed by atoms with E-state index < -0.39 is 10.0 Å². The number of H-pyrrole nitrogens is 1. The highest BCUT2D eigenvalue weighted by Gasteiger charge is 2.24. The van der Waals surface area contributed by atoms with Crippen molar-refractivity contribution in [2.24, 2.45) is 0 Å². The van der Waals surface area contributed by atoms with Crippen molar-refractivity contribution in [3.05, 3.63) is 41.4 Å². The summed E-state index contributed by atoms with van der Waals surface area (Å²) in [4.78, 5) is 6.82. The second-order valence-corrected chi connectivity index (χ2v) is 6.41. The molecule has 0 bridgehead atoms. The smallest absolute Gasteiger partial charge is 0.244 e. The Morgan fingerprint density at radius 3 is 2.84 bits per heavy atom. The first-order chi connectivity index (χ1) is 8.91. The van der Waals surface area contributed by atoms with Gasteiger partial charge in [-0.25, -0.2) is 13.4 Å². The van der Waals surface area contributed by atoms with Crippen LogP contribution in [0.2, 0.25) is 5.02 Å². The van der Waals surface area contributed by atoms with Crippen LogP contribution in [0.25, 0.3) is 0 Å². The molecule has 0 saturated carbocycles. The minimum atomic E-state index is -3.71. The first-order valence-electron chi connectivity index (χ1n) is 5.41. The number of anilines is 1. The van der Waals surface area contributed by atoms with Crippen molar-refractivity contribution in [3.8, 4) is 0 Å². The van der Waals surface area contributed by atoms with E-state index in [9.17, 15) is 8.42 Å². The normalized spacial score (nSPS) is 11.9. The molecular formula is C11H13ClN4O2S. The van der Waals surface area contributed by atoms with Crippen LogP contribution in [-0.4, -0.2) is 29.7 Å². The summed E-state index contributed by atoms with van der Waals surface area (Å²) in [7, 11) is -2.25. The maximum Gasteiger partial charge on any atom is 0.244 e. The molecule has 6 nitrogen and oxygen atoms in total. The van der Waals surface area contributed by atoms with E-state index in [0.717, 1.165) is 4.31 Å². The van der Waals surface area contributed by atoms with Gasteiger partial charge < -0.3 is 10.7 Å². The number of sulfonamides is 1. The van der Waals surface area contributed by atoms with E-state index in [-0.39, 0.29) is 16.5 Å². The molecule has 2 rings (SSSR count). The lowest BCUT2D eigenvalue weighted by molar-refractivity contribution is 0.458. The standard InChI is InChI=1S/C11H13ClN4O2S/c1-16(7-11-14-4-5-15-11)19(17,18)10-6-8(13)2-3-9(10)12/h2-6H,7,13H2,1H3,(H,14,15). The van der Waals surface area contributed by atoms with Crippen LogP contribution in [0.1, 0.15) is 5.82 Å². The monoisotopic (exact) mass is 300 g/mol. The van der Waals surface area contributed by atoms with Crippen molar-refractivity contribution in [3.63, 3.8) is 0 Å². The van der Waals surface area contributed by atoms with Gasteiger partial charge in [0.2, 0.25) is 10.0 Å². The van der Waals surface area contributed by atoms with E-state index in [4.69, 9.17) is 17.3 Å². The number of hydrogen-bond acceptors (Lipinski definition) is 4. The van der Waals surface area contributed by atoms with Gasteiger partial charge in [-0.2, -0.15) is 4.31 Å². The second kappa shape index (κ2) is 5.20. The van der Waals surface area contributed by atoms with E-state index in [1.807, 2.05) is 0 Å². The summed E-state index contributed by atoms with van der Waals surface area (Å²) in [6.07, 6.45) is 3.19. The SMILES string of the molecule is CN(Cc1ncc[nH]1)S(=O)(=O)c1cc(N)ccc1Cl. The maximum absolute atomic E-state index is 12.4. The van der Waals surface area contributed by atoms with Crippen LogP contribution < -0.4 is 5.73 Å². The molecule has 0 amide bonds. The molecule has 0 radical (unpaired) electrons. The molecule has 2 aromatic rings. The molecular weight excluding hydrogens is 288 g/mol. The van der Waals surface area contributed by atoms with Crippen LogP contribution >= 0.6 is 11.6 Å². The molecule has 102 valence electrons. The van der Waals surface area contributed by atoms with E-state index >= 15 is 0 Å². The Hall–Kier alpha value is -1.57. The fraction of sp³-hybridized carbons (Fsp3) is 0.182. The molecule has 0 saturated heterocycles. The Labute approximate surface area is 116 Å². The van der Waals surface area contributed by atoms with Crippen LogP contribution in [-0.2, 0) is 16.6 Å². The van der Waals surface area contributed by atoms with Gasteiger partial charge in [0, 0.05) is 25.1 Å². The van der Waals surface area contributed by atoms with Gasteiger partial charge in [0.1, 0.15) is 10.7 Å². The first-order valence-corrected chi connectivity index (χ1v) is 7.22. The van der Waals surface area contributed by atoms with Crippen molar-refractivity contribution in [2.75, 3.05) is 12.8 Å². The summed E-state index contributed by atoms with van der Waals surface area (Å²) in [5.74, 6) is 0.547. The third kappa shape index (κ3) is 2.89. The first kappa shape index (κ1) is 13.9. The van der Waals surface area contributed by atoms with Crippen molar-refractivity contribution in [2.45, 2.75) is 11.4 Å². The quantitative estimate of drug-likeness (QED) is 0.836. The zero-order valence-electron chi connectivity index (χ0n) is 10.2. The van der Waals surface area contributed by atoms with Crippen LogP contribution in [0.15, 0.2) is 35.5 Å². The third-order valence-corrected chi connectivity index (χ3v) is 4.86. The molecule has 0 aliphatic rings. The fourth-order valence-corrected chi connectivity index (χ4v) is 3.20. The molecule has 0 unspecified atom stereocenters. The van der Waals surface area contributed by atoms with Crippen LogP contribution in [0, 0.1) is 0 Å². The number of nitrogens with one attached hydrogen (secondary N) is 1. The highest BCUT2D eigenvalue weighted by molar-refractivity contribution is 7.89. The van der Waals surface area contributed by atoms with Crippen LogP contribution in [0.5, 0.6) is 0 Å². The fourth-order valence-electron chi connectivity index (χ4n) is 1.57. The van der Waals surface area contributed by atoms with E-state index in [0.29, 0.717) is 11.5 Å². The lowest BCUT2D eigenvalue weighted by Gasteiger charge is -2.17. The molecule has 0 spiro atoms. The molecule has 8 heteroatoms. The van der Waals surface area contributed by atoms with Gasteiger partial charge in [-0.1, -0.05) is 11.6 Å². The van der Waals surface area contributed by atoms with E-state index in [2.05, 4.69) is 9.97 Å². The van der Waals surface area contributed by atoms with Crippen molar-refractivity contribution in [1.29, 1.82) is 0 Å². The van der Waals surface area contributed by atoms with Gasteiger partial charge in [0.05, 0.1) is 11.6 Å². The Morgan fingerprint density at radius 1 is 1.47 bits per heavy atom. The highest BCUT2D eigenvalue weighted by Crippen LogP contribution is 2.26. The maximum atomic E-state index is 12.4. The largest absolute Gasteiger partial charge is 0.399 e. The molecule has 3 N–H and O–H groups in total. The van der Waals surface area contributed by atoms with Gasteiger partial charge in [0.15, 0.2) is 0 Å². The summed E-state index contributed by atoms with van der Waals surface area (Å²) in [5, 5.41) is 0.139. The van der Waals surface area contributed by atoms with Gasteiger partial charge in [0.25, 0.3) is 0 Å². The molecule has 1 aromatic carbocycles. The zero-order chi connectivity index (χ0) is 14.0. The number of nitrogen functional groups attached to an aromatic ring is 1. The minimum absolute atomic E-state index is 0.0109. The molecule has 19 heavy (non-hydrogen) atoms. The van der Waals surface area contributed by atoms with Crippen LogP contribution in [0.3, 0.4) is 0 Å². The lowest BCUT2D eigenvalue weighted by atomic mass is 10.3. The molecule has 0 fully saturated rings. The number of halogens is 1. The average Bonchev–Trinajstić information content (AvgIpc) is 2.85. The predicted molar refractivity (Wildman–Crippen MR) is 73.1 cm³/mol. The number of rotatable bonds is 4. The summed E-state index contributed by atoms with van der Waals surface area (Å²) in [5.41, 5.74) is 5.94. The third-order valence-electron chi connectivity index (χ3n) is 2.57. The molecule has 1 aromatic heterocycles. The van der Waals surface area contributed by atoms with E-state index in [1.165, 1.54) is 19.2 Å². The Balaban J connectivity index is 2.33. The number of nitrogens with zero attached hydrogens (tertiary/aromatic N) is 2. The summed E-state index contributed by atoms with van der Waals surface area (Å²) in [6.45, 7) is 0.125. The Morgan fingerprint density at radius 2 is 2.21 bits per heavy atom. The predicted octanol–water partition coefficient (Wildman–Crippen LogP) is 1.47. The Bertz CT molecular complexity index is 670. The second-order valence-electron chi connectivity index (χ2n) is 3.99. The minimum Gasteiger partial charge on any atom is -0.399 e. The number of imidazole rings is 1. The molecule has 0 aliphatic heterocycles. The number of benzene rings is 1. The molecule has 0 atom stereocenters. The lowest BCUT2D eigenvalue weighted by Crippen LogP contribution is -2.27. The number of hydrogen-bond donors (Lipinski definition) is 2. The van der Waals surface area contributed by atoms with Crippen molar-refractivity contribution >= 4 is 27.3 Å². The number of aromatic amines is 1. The molecule has 1 heterocycles. The highest BCUT2D eigenvalue weighted by atomic mass is 35.5. The molecule has 0 aliphatic carbocycles. The van der Waals surface area contributed by atoms with Crippen molar-refractivity contribution < 1.29 is 8.42 Å². The summed E-state index contributed by atoms with van der Waals surface area (Å²) in [6, 6.07) is 4.36. The van der Waals surface area contributed by atoms with E-state index in [1.54, 1.807) is 18.5 Å². The van der Waals surface area contributed by atoms with Crippen molar-refractivity contribution in [1.82, 2.24) is 14.3 Å². The van der Waals surface area contributed by atoms with Gasteiger partial charge in [-0.05, 0) is 18.2 Å².